The normalized spacial score (nSPS) is 30.0. The highest BCUT2D eigenvalue weighted by Gasteiger charge is 2.53. The van der Waals surface area contributed by atoms with Gasteiger partial charge in [-0.15, -0.1) is 11.8 Å². The lowest BCUT2D eigenvalue weighted by molar-refractivity contribution is -0.00935. The molecule has 3 aliphatic rings. The maximum absolute atomic E-state index is 12.1. The van der Waals surface area contributed by atoms with Gasteiger partial charge >= 0.3 is 0 Å². The van der Waals surface area contributed by atoms with Crippen LogP contribution in [0.25, 0.3) is 0 Å². The zero-order chi connectivity index (χ0) is 15.8. The van der Waals surface area contributed by atoms with Crippen LogP contribution in [0.4, 0.5) is 0 Å². The number of ether oxygens (including phenoxy) is 2. The molecule has 0 bridgehead atoms. The molecule has 1 spiro atoms. The van der Waals surface area contributed by atoms with E-state index in [4.69, 9.17) is 9.47 Å². The maximum Gasteiger partial charge on any atom is 0.281 e. The van der Waals surface area contributed by atoms with Gasteiger partial charge in [0.25, 0.3) is 10.2 Å². The smallest absolute Gasteiger partial charge is 0.281 e. The molecule has 6 nitrogen and oxygen atoms in total. The van der Waals surface area contributed by atoms with Crippen molar-refractivity contribution < 1.29 is 17.9 Å². The molecular weight excluding hydrogens is 324 g/mol. The Morgan fingerprint density at radius 2 is 2.00 bits per heavy atom. The zero-order valence-electron chi connectivity index (χ0n) is 13.4. The Morgan fingerprint density at radius 1 is 1.32 bits per heavy atom. The van der Waals surface area contributed by atoms with E-state index in [0.717, 1.165) is 44.8 Å². The van der Waals surface area contributed by atoms with E-state index in [1.165, 1.54) is 4.31 Å². The molecule has 8 heteroatoms. The number of hydrogen-bond acceptors (Lipinski definition) is 5. The Balaban J connectivity index is 1.43. The van der Waals surface area contributed by atoms with Gasteiger partial charge in [-0.05, 0) is 25.2 Å². The van der Waals surface area contributed by atoms with E-state index in [9.17, 15) is 8.42 Å². The molecule has 0 aliphatic carbocycles. The van der Waals surface area contributed by atoms with E-state index in [1.807, 2.05) is 11.8 Å². The SMILES string of the molecule is CN(C)S(=O)(=O)N1CC2(C[C@H](OCC3CCOCC3)CS2)C1. The van der Waals surface area contributed by atoms with Gasteiger partial charge in [-0.1, -0.05) is 0 Å². The average molecular weight is 351 g/mol. The van der Waals surface area contributed by atoms with Crippen LogP contribution in [-0.4, -0.2) is 80.6 Å². The lowest BCUT2D eigenvalue weighted by atomic mass is 9.95. The van der Waals surface area contributed by atoms with Crippen LogP contribution < -0.4 is 0 Å². The molecule has 128 valence electrons. The predicted octanol–water partition coefficient (Wildman–Crippen LogP) is 0.796. The third kappa shape index (κ3) is 3.47. The summed E-state index contributed by atoms with van der Waals surface area (Å²) in [6.45, 7) is 3.78. The number of hydrogen-bond donors (Lipinski definition) is 0. The van der Waals surface area contributed by atoms with E-state index in [-0.39, 0.29) is 10.9 Å². The van der Waals surface area contributed by atoms with Crippen LogP contribution in [0.15, 0.2) is 0 Å². The van der Waals surface area contributed by atoms with Gasteiger partial charge in [-0.3, -0.25) is 0 Å². The molecule has 0 aromatic rings. The Hall–Kier alpha value is 0.140. The van der Waals surface area contributed by atoms with Crippen molar-refractivity contribution >= 4 is 22.0 Å². The fourth-order valence-electron chi connectivity index (χ4n) is 3.31. The lowest BCUT2D eigenvalue weighted by Crippen LogP contribution is -2.62. The molecule has 0 N–H and O–H groups in total. The Kier molecular flexibility index (Phi) is 5.07. The van der Waals surface area contributed by atoms with Crippen molar-refractivity contribution in [2.24, 2.45) is 5.92 Å². The Bertz CT molecular complexity index is 485. The minimum absolute atomic E-state index is 0.0867. The fourth-order valence-corrected chi connectivity index (χ4v) is 6.30. The predicted molar refractivity (Wildman–Crippen MR) is 87.3 cm³/mol. The average Bonchev–Trinajstić information content (AvgIpc) is 2.89. The first-order valence-electron chi connectivity index (χ1n) is 7.92. The quantitative estimate of drug-likeness (QED) is 0.734. The second kappa shape index (κ2) is 6.57. The molecule has 3 rings (SSSR count). The molecule has 0 aromatic heterocycles. The monoisotopic (exact) mass is 350 g/mol. The van der Waals surface area contributed by atoms with Crippen LogP contribution in [0.1, 0.15) is 19.3 Å². The van der Waals surface area contributed by atoms with Gasteiger partial charge < -0.3 is 9.47 Å². The van der Waals surface area contributed by atoms with Crippen LogP contribution in [0.5, 0.6) is 0 Å². The standard InChI is InChI=1S/C14H26N2O4S2/c1-15(2)22(17,18)16-10-14(11-16)7-13(9-21-14)20-8-12-3-5-19-6-4-12/h12-13H,3-11H2,1-2H3/t13-/m0/s1. The van der Waals surface area contributed by atoms with Gasteiger partial charge in [0.2, 0.25) is 0 Å². The zero-order valence-corrected chi connectivity index (χ0v) is 15.0. The highest BCUT2D eigenvalue weighted by molar-refractivity contribution is 8.01. The maximum atomic E-state index is 12.1. The van der Waals surface area contributed by atoms with Crippen molar-refractivity contribution in [2.75, 3.05) is 52.8 Å². The highest BCUT2D eigenvalue weighted by Crippen LogP contribution is 2.47. The molecule has 3 saturated heterocycles. The first kappa shape index (κ1) is 17.0. The summed E-state index contributed by atoms with van der Waals surface area (Å²) in [7, 11) is -0.0814. The number of thioether (sulfide) groups is 1. The highest BCUT2D eigenvalue weighted by atomic mass is 32.2. The van der Waals surface area contributed by atoms with Crippen molar-refractivity contribution in [2.45, 2.75) is 30.1 Å². The second-order valence-corrected chi connectivity index (χ2v) is 10.4. The lowest BCUT2D eigenvalue weighted by Gasteiger charge is -2.46. The summed E-state index contributed by atoms with van der Waals surface area (Å²) in [5.41, 5.74) is 0. The van der Waals surface area contributed by atoms with Gasteiger partial charge in [-0.2, -0.15) is 17.0 Å². The first-order chi connectivity index (χ1) is 10.4. The molecule has 0 amide bonds. The molecule has 0 saturated carbocycles. The molecule has 1 atom stereocenters. The van der Waals surface area contributed by atoms with Gasteiger partial charge in [0.15, 0.2) is 0 Å². The molecule has 3 aliphatic heterocycles. The summed E-state index contributed by atoms with van der Waals surface area (Å²) in [5.74, 6) is 1.61. The molecule has 0 unspecified atom stereocenters. The van der Waals surface area contributed by atoms with Crippen LogP contribution in [0.3, 0.4) is 0 Å². The summed E-state index contributed by atoms with van der Waals surface area (Å²) in [5, 5.41) is 0. The molecule has 3 fully saturated rings. The van der Waals surface area contributed by atoms with E-state index < -0.39 is 10.2 Å². The summed E-state index contributed by atoms with van der Waals surface area (Å²) in [6, 6.07) is 0. The summed E-state index contributed by atoms with van der Waals surface area (Å²) >= 11 is 1.88. The molecule has 3 heterocycles. The topological polar surface area (TPSA) is 59.1 Å². The van der Waals surface area contributed by atoms with Crippen LogP contribution in [0, 0.1) is 5.92 Å². The van der Waals surface area contributed by atoms with Crippen LogP contribution in [0.2, 0.25) is 0 Å². The summed E-state index contributed by atoms with van der Waals surface area (Å²) < 4.78 is 38.5. The van der Waals surface area contributed by atoms with Gasteiger partial charge in [0, 0.05) is 57.5 Å². The third-order valence-corrected chi connectivity index (χ3v) is 8.21. The Morgan fingerprint density at radius 3 is 2.64 bits per heavy atom. The largest absolute Gasteiger partial charge is 0.381 e. The first-order valence-corrected chi connectivity index (χ1v) is 10.3. The second-order valence-electron chi connectivity index (χ2n) is 6.77. The minimum atomic E-state index is -3.25. The molecule has 22 heavy (non-hydrogen) atoms. The summed E-state index contributed by atoms with van der Waals surface area (Å²) in [6.07, 6.45) is 3.44. The minimum Gasteiger partial charge on any atom is -0.381 e. The molecule has 0 aromatic carbocycles. The molecular formula is C14H26N2O4S2. The summed E-state index contributed by atoms with van der Waals surface area (Å²) in [4.78, 5) is 0. The van der Waals surface area contributed by atoms with Crippen molar-refractivity contribution in [1.82, 2.24) is 8.61 Å². The van der Waals surface area contributed by atoms with E-state index in [0.29, 0.717) is 19.0 Å². The van der Waals surface area contributed by atoms with Crippen LogP contribution >= 0.6 is 11.8 Å². The Labute approximate surface area is 137 Å². The van der Waals surface area contributed by atoms with E-state index in [1.54, 1.807) is 18.4 Å². The van der Waals surface area contributed by atoms with E-state index >= 15 is 0 Å². The fraction of sp³-hybridized carbons (Fsp3) is 1.00. The van der Waals surface area contributed by atoms with Crippen molar-refractivity contribution in [3.63, 3.8) is 0 Å². The van der Waals surface area contributed by atoms with Crippen molar-refractivity contribution in [3.8, 4) is 0 Å². The molecule has 0 radical (unpaired) electrons. The van der Waals surface area contributed by atoms with Gasteiger partial charge in [0.1, 0.15) is 0 Å². The van der Waals surface area contributed by atoms with Gasteiger partial charge in [-0.25, -0.2) is 0 Å². The number of nitrogens with zero attached hydrogens (tertiary/aromatic N) is 2. The van der Waals surface area contributed by atoms with E-state index in [2.05, 4.69) is 0 Å². The van der Waals surface area contributed by atoms with Crippen LogP contribution in [-0.2, 0) is 19.7 Å². The van der Waals surface area contributed by atoms with Crippen molar-refractivity contribution in [1.29, 1.82) is 0 Å². The van der Waals surface area contributed by atoms with Crippen molar-refractivity contribution in [3.05, 3.63) is 0 Å². The van der Waals surface area contributed by atoms with Gasteiger partial charge in [0.05, 0.1) is 6.10 Å². The number of rotatable bonds is 5. The third-order valence-electron chi connectivity index (χ3n) is 4.80.